The quantitative estimate of drug-likeness (QED) is 0.706. The average molecular weight is 231 g/mol. The van der Waals surface area contributed by atoms with E-state index in [0.717, 1.165) is 5.02 Å². The molecule has 3 rings (SSSR count). The molecular formula is C14H11ClO. The molecule has 0 N–H and O–H groups in total. The Balaban J connectivity index is 1.79. The zero-order valence-corrected chi connectivity index (χ0v) is 9.39. The van der Waals surface area contributed by atoms with E-state index in [1.165, 1.54) is 11.1 Å². The third-order valence-electron chi connectivity index (χ3n) is 2.82. The number of rotatable bonds is 2. The molecule has 16 heavy (non-hydrogen) atoms. The molecule has 0 saturated carbocycles. The first-order valence-electron chi connectivity index (χ1n) is 5.30. The Kier molecular flexibility index (Phi) is 2.43. The highest BCUT2D eigenvalue weighted by Crippen LogP contribution is 2.50. The predicted molar refractivity (Wildman–Crippen MR) is 64.5 cm³/mol. The molecule has 1 saturated heterocycles. The Labute approximate surface area is 99.6 Å². The number of halogens is 1. The summed E-state index contributed by atoms with van der Waals surface area (Å²) < 4.78 is 5.69. The van der Waals surface area contributed by atoms with Crippen LogP contribution in [-0.2, 0) is 4.74 Å². The van der Waals surface area contributed by atoms with Gasteiger partial charge >= 0.3 is 0 Å². The van der Waals surface area contributed by atoms with Gasteiger partial charge < -0.3 is 4.74 Å². The summed E-state index contributed by atoms with van der Waals surface area (Å²) in [4.78, 5) is 0. The third-order valence-corrected chi connectivity index (χ3v) is 3.07. The highest BCUT2D eigenvalue weighted by molar-refractivity contribution is 6.30. The number of ether oxygens (including phenoxy) is 1. The van der Waals surface area contributed by atoms with Gasteiger partial charge in [0.15, 0.2) is 0 Å². The van der Waals surface area contributed by atoms with Crippen molar-refractivity contribution in [3.63, 3.8) is 0 Å². The fourth-order valence-electron chi connectivity index (χ4n) is 1.91. The average Bonchev–Trinajstić information content (AvgIpc) is 3.11. The van der Waals surface area contributed by atoms with Crippen molar-refractivity contribution < 1.29 is 4.74 Å². The molecule has 0 unspecified atom stereocenters. The van der Waals surface area contributed by atoms with Gasteiger partial charge in [0, 0.05) is 5.02 Å². The van der Waals surface area contributed by atoms with Crippen molar-refractivity contribution in [2.24, 2.45) is 0 Å². The molecular weight excluding hydrogens is 220 g/mol. The fourth-order valence-corrected chi connectivity index (χ4v) is 2.04. The summed E-state index contributed by atoms with van der Waals surface area (Å²) in [7, 11) is 0. The Morgan fingerprint density at radius 3 is 1.94 bits per heavy atom. The topological polar surface area (TPSA) is 12.5 Å². The lowest BCUT2D eigenvalue weighted by Crippen LogP contribution is -1.83. The van der Waals surface area contributed by atoms with E-state index in [4.69, 9.17) is 16.3 Å². The van der Waals surface area contributed by atoms with Crippen molar-refractivity contribution in [2.45, 2.75) is 12.2 Å². The molecule has 1 nitrogen and oxygen atoms in total. The van der Waals surface area contributed by atoms with E-state index in [1.807, 2.05) is 42.5 Å². The standard InChI is InChI=1S/C14H11ClO/c15-12-8-6-11(7-9-12)14-13(16-14)10-4-2-1-3-5-10/h1-9,13-14H/t13-,14+/m0/s1. The molecule has 2 aromatic rings. The first-order valence-corrected chi connectivity index (χ1v) is 5.68. The number of benzene rings is 2. The fraction of sp³-hybridized carbons (Fsp3) is 0.143. The maximum Gasteiger partial charge on any atom is 0.114 e. The van der Waals surface area contributed by atoms with Crippen molar-refractivity contribution in [2.75, 3.05) is 0 Å². The number of epoxide rings is 1. The van der Waals surface area contributed by atoms with E-state index in [1.54, 1.807) is 0 Å². The van der Waals surface area contributed by atoms with Gasteiger partial charge in [0.05, 0.1) is 0 Å². The summed E-state index contributed by atoms with van der Waals surface area (Å²) >= 11 is 5.85. The molecule has 0 radical (unpaired) electrons. The molecule has 1 heterocycles. The maximum absolute atomic E-state index is 5.85. The van der Waals surface area contributed by atoms with Crippen molar-refractivity contribution >= 4 is 11.6 Å². The first-order chi connectivity index (χ1) is 7.84. The van der Waals surface area contributed by atoms with Crippen LogP contribution in [0.1, 0.15) is 23.3 Å². The van der Waals surface area contributed by atoms with E-state index in [9.17, 15) is 0 Å². The van der Waals surface area contributed by atoms with Gasteiger partial charge in [-0.1, -0.05) is 54.1 Å². The van der Waals surface area contributed by atoms with Gasteiger partial charge in [-0.15, -0.1) is 0 Å². The molecule has 0 amide bonds. The molecule has 0 aliphatic carbocycles. The first kappa shape index (κ1) is 9.88. The minimum absolute atomic E-state index is 0.194. The van der Waals surface area contributed by atoms with Gasteiger partial charge in [0.25, 0.3) is 0 Å². The van der Waals surface area contributed by atoms with Gasteiger partial charge in [-0.2, -0.15) is 0 Å². The molecule has 0 bridgehead atoms. The van der Waals surface area contributed by atoms with Crippen LogP contribution in [0.4, 0.5) is 0 Å². The maximum atomic E-state index is 5.85. The Bertz CT molecular complexity index is 478. The number of hydrogen-bond acceptors (Lipinski definition) is 1. The predicted octanol–water partition coefficient (Wildman–Crippen LogP) is 4.15. The summed E-state index contributed by atoms with van der Waals surface area (Å²) in [5.74, 6) is 0. The second-order valence-corrected chi connectivity index (χ2v) is 4.38. The van der Waals surface area contributed by atoms with Crippen LogP contribution in [0.5, 0.6) is 0 Å². The highest BCUT2D eigenvalue weighted by Gasteiger charge is 2.41. The zero-order chi connectivity index (χ0) is 11.0. The van der Waals surface area contributed by atoms with Crippen LogP contribution >= 0.6 is 11.6 Å². The van der Waals surface area contributed by atoms with Crippen molar-refractivity contribution in [1.82, 2.24) is 0 Å². The molecule has 2 aromatic carbocycles. The SMILES string of the molecule is Clc1ccc([C@H]2O[C@H]2c2ccccc2)cc1. The van der Waals surface area contributed by atoms with Crippen LogP contribution in [-0.4, -0.2) is 0 Å². The summed E-state index contributed by atoms with van der Waals surface area (Å²) in [6, 6.07) is 18.1. The van der Waals surface area contributed by atoms with Crippen molar-refractivity contribution in [1.29, 1.82) is 0 Å². The molecule has 0 aromatic heterocycles. The van der Waals surface area contributed by atoms with E-state index in [-0.39, 0.29) is 12.2 Å². The summed E-state index contributed by atoms with van der Waals surface area (Å²) in [5, 5.41) is 0.765. The molecule has 1 aliphatic rings. The molecule has 2 atom stereocenters. The van der Waals surface area contributed by atoms with Crippen molar-refractivity contribution in [3.8, 4) is 0 Å². The van der Waals surface area contributed by atoms with Crippen LogP contribution in [0.3, 0.4) is 0 Å². The largest absolute Gasteiger partial charge is 0.359 e. The summed E-state index contributed by atoms with van der Waals surface area (Å²) in [6.45, 7) is 0. The van der Waals surface area contributed by atoms with E-state index in [0.29, 0.717) is 0 Å². The second-order valence-electron chi connectivity index (χ2n) is 3.94. The van der Waals surface area contributed by atoms with Crippen LogP contribution < -0.4 is 0 Å². The molecule has 1 fully saturated rings. The van der Waals surface area contributed by atoms with Crippen LogP contribution in [0, 0.1) is 0 Å². The monoisotopic (exact) mass is 230 g/mol. The second kappa shape index (κ2) is 3.93. The van der Waals surface area contributed by atoms with Gasteiger partial charge in [0.2, 0.25) is 0 Å². The van der Waals surface area contributed by atoms with Gasteiger partial charge in [-0.25, -0.2) is 0 Å². The van der Waals surface area contributed by atoms with Gasteiger partial charge in [-0.05, 0) is 23.3 Å². The van der Waals surface area contributed by atoms with Crippen LogP contribution in [0.2, 0.25) is 5.02 Å². The highest BCUT2D eigenvalue weighted by atomic mass is 35.5. The van der Waals surface area contributed by atoms with Gasteiger partial charge in [0.1, 0.15) is 12.2 Å². The summed E-state index contributed by atoms with van der Waals surface area (Å²) in [6.07, 6.45) is 0.405. The Hall–Kier alpha value is -1.31. The zero-order valence-electron chi connectivity index (χ0n) is 8.64. The minimum atomic E-state index is 0.194. The van der Waals surface area contributed by atoms with Crippen molar-refractivity contribution in [3.05, 3.63) is 70.7 Å². The van der Waals surface area contributed by atoms with E-state index in [2.05, 4.69) is 12.1 Å². The lowest BCUT2D eigenvalue weighted by atomic mass is 10.0. The molecule has 2 heteroatoms. The molecule has 1 aliphatic heterocycles. The summed E-state index contributed by atoms with van der Waals surface area (Å²) in [5.41, 5.74) is 2.43. The smallest absolute Gasteiger partial charge is 0.114 e. The lowest BCUT2D eigenvalue weighted by molar-refractivity contribution is 0.377. The normalized spacial score (nSPS) is 23.1. The van der Waals surface area contributed by atoms with E-state index >= 15 is 0 Å². The lowest BCUT2D eigenvalue weighted by Gasteiger charge is -1.97. The number of hydrogen-bond donors (Lipinski definition) is 0. The van der Waals surface area contributed by atoms with E-state index < -0.39 is 0 Å². The Morgan fingerprint density at radius 2 is 1.31 bits per heavy atom. The Morgan fingerprint density at radius 1 is 0.750 bits per heavy atom. The van der Waals surface area contributed by atoms with Gasteiger partial charge in [-0.3, -0.25) is 0 Å². The minimum Gasteiger partial charge on any atom is -0.359 e. The van der Waals surface area contributed by atoms with Crippen LogP contribution in [0.15, 0.2) is 54.6 Å². The molecule has 0 spiro atoms. The van der Waals surface area contributed by atoms with Crippen LogP contribution in [0.25, 0.3) is 0 Å². The third kappa shape index (κ3) is 1.84. The molecule has 80 valence electrons.